The zero-order chi connectivity index (χ0) is 24.7. The topological polar surface area (TPSA) is 87.7 Å². The van der Waals surface area contributed by atoms with Crippen LogP contribution < -0.4 is 15.4 Å². The number of hydrogen-bond donors (Lipinski definition) is 3. The summed E-state index contributed by atoms with van der Waals surface area (Å²) in [7, 11) is 0. The van der Waals surface area contributed by atoms with Crippen molar-refractivity contribution in [2.24, 2.45) is 11.8 Å². The van der Waals surface area contributed by atoms with Gasteiger partial charge in [-0.25, -0.2) is 0 Å². The lowest BCUT2D eigenvalue weighted by Gasteiger charge is -2.49. The molecular weight excluding hydrogens is 602 g/mol. The quantitative estimate of drug-likeness (QED) is 0.405. The predicted octanol–water partition coefficient (Wildman–Crippen LogP) is 5.08. The minimum atomic E-state index is -1.13. The smallest absolute Gasteiger partial charge is 0.237 e. The maximum Gasteiger partial charge on any atom is 0.237 e. The molecule has 0 radical (unpaired) electrons. The Bertz CT molecular complexity index is 1260. The molecule has 2 aliphatic heterocycles. The van der Waals surface area contributed by atoms with Crippen molar-refractivity contribution in [1.29, 1.82) is 0 Å². The number of aliphatic hydroxyl groups excluding tert-OH is 1. The standard InChI is InChI=1S/C26H23Cl2IN2O4/c27-15-3-1-2-14(10-15)20-13-23(33)31-24(18-12-17(29)5-7-22(18)35-9-8-32)26(20)19-6-4-16(28)11-21(19)30-25(26)34/h1-7,11-12,14,20,24,32H,8-10,13H2,(H,30,34)(H,31,33)/t14?,20-,24+,26-/m0/s1. The molecule has 35 heavy (non-hydrogen) atoms. The van der Waals surface area contributed by atoms with E-state index in [1.165, 1.54) is 0 Å². The Morgan fingerprint density at radius 3 is 2.74 bits per heavy atom. The SMILES string of the molecule is O=C1C[C@@H](C2C=CC=C(Cl)C2)[C@]2(C(=O)Nc3cc(Cl)ccc32)[C@@H](c2cc(I)ccc2OCCO)N1. The van der Waals surface area contributed by atoms with Crippen LogP contribution in [0, 0.1) is 15.4 Å². The number of piperidine rings is 1. The van der Waals surface area contributed by atoms with Gasteiger partial charge in [-0.15, -0.1) is 0 Å². The summed E-state index contributed by atoms with van der Waals surface area (Å²) in [6.45, 7) is -0.0649. The van der Waals surface area contributed by atoms with Gasteiger partial charge < -0.3 is 20.5 Å². The highest BCUT2D eigenvalue weighted by atomic mass is 127. The van der Waals surface area contributed by atoms with Gasteiger partial charge in [-0.05, 0) is 82.8 Å². The number of benzene rings is 2. The summed E-state index contributed by atoms with van der Waals surface area (Å²) in [5.41, 5.74) is 0.980. The minimum Gasteiger partial charge on any atom is -0.491 e. The second-order valence-corrected chi connectivity index (χ2v) is 11.1. The Kier molecular flexibility index (Phi) is 6.87. The fourth-order valence-electron chi connectivity index (χ4n) is 5.68. The van der Waals surface area contributed by atoms with Crippen LogP contribution >= 0.6 is 45.8 Å². The van der Waals surface area contributed by atoms with Gasteiger partial charge >= 0.3 is 0 Å². The van der Waals surface area contributed by atoms with Crippen molar-refractivity contribution in [2.75, 3.05) is 18.5 Å². The number of aliphatic hydroxyl groups is 1. The summed E-state index contributed by atoms with van der Waals surface area (Å²) in [5, 5.41) is 16.7. The van der Waals surface area contributed by atoms with Crippen LogP contribution in [-0.2, 0) is 15.0 Å². The Morgan fingerprint density at radius 2 is 1.97 bits per heavy atom. The van der Waals surface area contributed by atoms with Gasteiger partial charge in [0.15, 0.2) is 0 Å². The first kappa shape index (κ1) is 24.6. The van der Waals surface area contributed by atoms with Crippen molar-refractivity contribution in [3.63, 3.8) is 0 Å². The van der Waals surface area contributed by atoms with Crippen LogP contribution in [0.1, 0.15) is 30.0 Å². The highest BCUT2D eigenvalue weighted by Gasteiger charge is 2.62. The molecular formula is C26H23Cl2IN2O4. The summed E-state index contributed by atoms with van der Waals surface area (Å²) in [4.78, 5) is 27.3. The Morgan fingerprint density at radius 1 is 1.14 bits per heavy atom. The first-order chi connectivity index (χ1) is 16.8. The molecule has 1 aliphatic carbocycles. The number of nitrogens with one attached hydrogen (secondary N) is 2. The van der Waals surface area contributed by atoms with Crippen LogP contribution in [0.2, 0.25) is 5.02 Å². The molecule has 3 N–H and O–H groups in total. The average Bonchev–Trinajstić information content (AvgIpc) is 3.10. The summed E-state index contributed by atoms with van der Waals surface area (Å²) in [6, 6.07) is 10.3. The number of fused-ring (bicyclic) bond motifs is 2. The molecule has 6 nitrogen and oxygen atoms in total. The van der Waals surface area contributed by atoms with E-state index < -0.39 is 11.5 Å². The summed E-state index contributed by atoms with van der Waals surface area (Å²) < 4.78 is 6.80. The van der Waals surface area contributed by atoms with Crippen molar-refractivity contribution >= 4 is 63.3 Å². The molecule has 0 bridgehead atoms. The third-order valence-electron chi connectivity index (χ3n) is 7.02. The average molecular weight is 625 g/mol. The van der Waals surface area contributed by atoms with Gasteiger partial charge in [-0.2, -0.15) is 0 Å². The van der Waals surface area contributed by atoms with E-state index in [9.17, 15) is 14.7 Å². The lowest BCUT2D eigenvalue weighted by molar-refractivity contribution is -0.135. The maximum absolute atomic E-state index is 14.1. The summed E-state index contributed by atoms with van der Waals surface area (Å²) >= 11 is 14.9. The molecule has 4 atom stereocenters. The number of hydrogen-bond acceptors (Lipinski definition) is 4. The van der Waals surface area contributed by atoms with Gasteiger partial charge in [0.2, 0.25) is 11.8 Å². The first-order valence-electron chi connectivity index (χ1n) is 11.3. The molecule has 1 spiro atoms. The van der Waals surface area contributed by atoms with Gasteiger partial charge in [-0.3, -0.25) is 9.59 Å². The second-order valence-electron chi connectivity index (χ2n) is 8.94. The van der Waals surface area contributed by atoms with Crippen LogP contribution in [0.25, 0.3) is 0 Å². The molecule has 1 unspecified atom stereocenters. The Labute approximate surface area is 226 Å². The van der Waals surface area contributed by atoms with Gasteiger partial charge in [0.05, 0.1) is 12.6 Å². The van der Waals surface area contributed by atoms with E-state index in [0.29, 0.717) is 33.5 Å². The molecule has 182 valence electrons. The monoisotopic (exact) mass is 624 g/mol. The van der Waals surface area contributed by atoms with E-state index in [1.807, 2.05) is 42.5 Å². The predicted molar refractivity (Wildman–Crippen MR) is 144 cm³/mol. The fraction of sp³-hybridized carbons (Fsp3) is 0.308. The molecule has 2 aromatic rings. The van der Waals surface area contributed by atoms with E-state index in [-0.39, 0.29) is 43.3 Å². The van der Waals surface area contributed by atoms with Crippen LogP contribution in [0.4, 0.5) is 5.69 Å². The van der Waals surface area contributed by atoms with E-state index in [4.69, 9.17) is 27.9 Å². The van der Waals surface area contributed by atoms with Crippen LogP contribution in [-0.4, -0.2) is 30.1 Å². The van der Waals surface area contributed by atoms with Gasteiger partial charge in [0, 0.05) is 31.3 Å². The number of amides is 2. The molecule has 5 rings (SSSR count). The first-order valence-corrected chi connectivity index (χ1v) is 13.1. The van der Waals surface area contributed by atoms with Crippen molar-refractivity contribution in [3.8, 4) is 5.75 Å². The van der Waals surface area contributed by atoms with Gasteiger partial charge in [0.25, 0.3) is 0 Å². The van der Waals surface area contributed by atoms with Crippen LogP contribution in [0.3, 0.4) is 0 Å². The van der Waals surface area contributed by atoms with E-state index in [0.717, 1.165) is 9.13 Å². The fourth-order valence-corrected chi connectivity index (χ4v) is 6.61. The largest absolute Gasteiger partial charge is 0.491 e. The molecule has 2 amide bonds. The lowest BCUT2D eigenvalue weighted by Crippen LogP contribution is -2.59. The zero-order valence-corrected chi connectivity index (χ0v) is 22.2. The number of anilines is 1. The molecule has 9 heteroatoms. The highest BCUT2D eigenvalue weighted by Crippen LogP contribution is 2.58. The normalized spacial score (nSPS) is 27.3. The molecule has 2 heterocycles. The van der Waals surface area contributed by atoms with Crippen molar-refractivity contribution in [3.05, 3.63) is 79.4 Å². The van der Waals surface area contributed by atoms with Crippen LogP contribution in [0.5, 0.6) is 5.75 Å². The highest BCUT2D eigenvalue weighted by molar-refractivity contribution is 14.1. The van der Waals surface area contributed by atoms with E-state index in [2.05, 4.69) is 33.2 Å². The Hall–Kier alpha value is -2.07. The molecule has 0 aromatic heterocycles. The Balaban J connectivity index is 1.75. The second kappa shape index (κ2) is 9.76. The number of halogens is 3. The number of rotatable bonds is 5. The summed E-state index contributed by atoms with van der Waals surface area (Å²) in [5.74, 6) is -0.330. The molecule has 0 saturated carbocycles. The lowest BCUT2D eigenvalue weighted by atomic mass is 9.57. The number of carbonyl (C=O) groups is 2. The van der Waals surface area contributed by atoms with Gasteiger partial charge in [-0.1, -0.05) is 41.4 Å². The molecule has 1 saturated heterocycles. The van der Waals surface area contributed by atoms with Crippen molar-refractivity contribution < 1.29 is 19.4 Å². The molecule has 3 aliphatic rings. The zero-order valence-electron chi connectivity index (χ0n) is 18.6. The molecule has 1 fully saturated rings. The van der Waals surface area contributed by atoms with E-state index in [1.54, 1.807) is 12.1 Å². The van der Waals surface area contributed by atoms with Crippen molar-refractivity contribution in [1.82, 2.24) is 5.32 Å². The van der Waals surface area contributed by atoms with Crippen molar-refractivity contribution in [2.45, 2.75) is 24.3 Å². The minimum absolute atomic E-state index is 0.0921. The maximum atomic E-state index is 14.1. The number of carbonyl (C=O) groups excluding carboxylic acids is 2. The molecule has 2 aromatic carbocycles. The van der Waals surface area contributed by atoms with Crippen LogP contribution in [0.15, 0.2) is 59.7 Å². The summed E-state index contributed by atoms with van der Waals surface area (Å²) in [6.07, 6.45) is 6.48. The third kappa shape index (κ3) is 4.26. The van der Waals surface area contributed by atoms with E-state index >= 15 is 0 Å². The van der Waals surface area contributed by atoms with Gasteiger partial charge in [0.1, 0.15) is 17.8 Å². The third-order valence-corrected chi connectivity index (χ3v) is 8.20. The number of allylic oxidation sites excluding steroid dienone is 4. The number of ether oxygens (including phenoxy) is 1.